The first-order chi connectivity index (χ1) is 10.3. The van der Waals surface area contributed by atoms with Crippen molar-refractivity contribution in [1.29, 1.82) is 0 Å². The fourth-order valence-electron chi connectivity index (χ4n) is 2.93. The number of likely N-dealkylation sites (N-methyl/N-ethyl adjacent to an activating group) is 1. The lowest BCUT2D eigenvalue weighted by molar-refractivity contribution is -0.135. The molecule has 1 rings (SSSR count). The van der Waals surface area contributed by atoms with Crippen LogP contribution in [-0.2, 0) is 9.59 Å². The van der Waals surface area contributed by atoms with Crippen LogP contribution in [0.25, 0.3) is 0 Å². The van der Waals surface area contributed by atoms with Gasteiger partial charge in [0.05, 0.1) is 12.6 Å². The van der Waals surface area contributed by atoms with Crippen molar-refractivity contribution in [3.05, 3.63) is 0 Å². The second-order valence-electron chi connectivity index (χ2n) is 6.65. The molecule has 1 fully saturated rings. The first-order valence-electron chi connectivity index (χ1n) is 8.30. The van der Waals surface area contributed by atoms with Crippen LogP contribution in [0.15, 0.2) is 0 Å². The first-order valence-corrected chi connectivity index (χ1v) is 8.30. The molecule has 0 saturated carbocycles. The van der Waals surface area contributed by atoms with Gasteiger partial charge in [0.15, 0.2) is 0 Å². The quantitative estimate of drug-likeness (QED) is 0.722. The maximum absolute atomic E-state index is 12.3. The maximum atomic E-state index is 12.3. The summed E-state index contributed by atoms with van der Waals surface area (Å²) < 4.78 is 0. The van der Waals surface area contributed by atoms with Gasteiger partial charge >= 0.3 is 0 Å². The Labute approximate surface area is 158 Å². The van der Waals surface area contributed by atoms with Gasteiger partial charge in [0.2, 0.25) is 11.8 Å². The van der Waals surface area contributed by atoms with E-state index in [-0.39, 0.29) is 55.1 Å². The number of nitrogens with zero attached hydrogens (tertiary/aromatic N) is 2. The Morgan fingerprint density at radius 1 is 1.33 bits per heavy atom. The van der Waals surface area contributed by atoms with Crippen molar-refractivity contribution < 1.29 is 9.59 Å². The number of hydrogen-bond acceptors (Lipinski definition) is 4. The zero-order chi connectivity index (χ0) is 16.9. The molecule has 2 unspecified atom stereocenters. The van der Waals surface area contributed by atoms with Gasteiger partial charge in [-0.1, -0.05) is 20.8 Å². The smallest absolute Gasteiger partial charge is 0.241 e. The van der Waals surface area contributed by atoms with E-state index >= 15 is 0 Å². The van der Waals surface area contributed by atoms with Crippen LogP contribution in [-0.4, -0.2) is 66.4 Å². The van der Waals surface area contributed by atoms with Crippen LogP contribution in [0.1, 0.15) is 40.5 Å². The number of nitrogens with two attached hydrogens (primary N) is 1. The van der Waals surface area contributed by atoms with Gasteiger partial charge in [0.1, 0.15) is 0 Å². The number of carbonyl (C=O) groups excluding carboxylic acids is 2. The van der Waals surface area contributed by atoms with E-state index in [2.05, 4.69) is 24.1 Å². The third kappa shape index (κ3) is 7.13. The summed E-state index contributed by atoms with van der Waals surface area (Å²) >= 11 is 0. The number of halogens is 2. The summed E-state index contributed by atoms with van der Waals surface area (Å²) in [7, 11) is 1.83. The standard InChI is InChI=1S/C16H32N4O2.2ClH/c1-6-20-8-7-13(9-12(20)4)19(5)14(21)10-18-16(22)15(17)11(2)3;;/h11-13,15H,6-10,17H2,1-5H3,(H,18,22);2*1H/t12?,13?,15-;;/m0../s1. The first kappa shape index (κ1) is 25.7. The highest BCUT2D eigenvalue weighted by atomic mass is 35.5. The molecule has 24 heavy (non-hydrogen) atoms. The SMILES string of the molecule is CCN1CCC(N(C)C(=O)CNC(=O)[C@@H](N)C(C)C)CC1C.Cl.Cl. The molecule has 1 aliphatic rings. The highest BCUT2D eigenvalue weighted by Gasteiger charge is 2.29. The molecular formula is C16H34Cl2N4O2. The average Bonchev–Trinajstić information content (AvgIpc) is 2.50. The molecule has 3 atom stereocenters. The molecule has 0 aliphatic carbocycles. The molecule has 0 bridgehead atoms. The van der Waals surface area contributed by atoms with Gasteiger partial charge in [-0.2, -0.15) is 0 Å². The predicted molar refractivity (Wildman–Crippen MR) is 103 cm³/mol. The summed E-state index contributed by atoms with van der Waals surface area (Å²) in [6.45, 7) is 10.2. The summed E-state index contributed by atoms with van der Waals surface area (Å²) in [6.07, 6.45) is 1.97. The van der Waals surface area contributed by atoms with E-state index in [0.29, 0.717) is 6.04 Å². The average molecular weight is 385 g/mol. The van der Waals surface area contributed by atoms with Crippen molar-refractivity contribution in [3.63, 3.8) is 0 Å². The van der Waals surface area contributed by atoms with Crippen LogP contribution in [0.2, 0.25) is 0 Å². The van der Waals surface area contributed by atoms with Crippen molar-refractivity contribution in [1.82, 2.24) is 15.1 Å². The molecule has 0 aromatic carbocycles. The molecule has 0 spiro atoms. The fourth-order valence-corrected chi connectivity index (χ4v) is 2.93. The van der Waals surface area contributed by atoms with Gasteiger partial charge in [-0.05, 0) is 32.2 Å². The van der Waals surface area contributed by atoms with E-state index in [1.165, 1.54) is 0 Å². The minimum atomic E-state index is -0.564. The third-order valence-corrected chi connectivity index (χ3v) is 4.77. The normalized spacial score (nSPS) is 22.1. The number of carbonyl (C=O) groups is 2. The molecule has 3 N–H and O–H groups in total. The highest BCUT2D eigenvalue weighted by molar-refractivity contribution is 5.87. The number of amides is 2. The number of likely N-dealkylation sites (tertiary alicyclic amines) is 1. The predicted octanol–water partition coefficient (Wildman–Crippen LogP) is 1.26. The molecule has 1 aliphatic heterocycles. The lowest BCUT2D eigenvalue weighted by atomic mass is 9.97. The largest absolute Gasteiger partial charge is 0.346 e. The van der Waals surface area contributed by atoms with Gasteiger partial charge in [0, 0.05) is 25.7 Å². The van der Waals surface area contributed by atoms with Crippen LogP contribution >= 0.6 is 24.8 Å². The Morgan fingerprint density at radius 2 is 1.92 bits per heavy atom. The minimum absolute atomic E-state index is 0. The van der Waals surface area contributed by atoms with Gasteiger partial charge < -0.3 is 20.9 Å². The maximum Gasteiger partial charge on any atom is 0.241 e. The van der Waals surface area contributed by atoms with E-state index in [0.717, 1.165) is 25.9 Å². The number of rotatable bonds is 6. The van der Waals surface area contributed by atoms with E-state index in [9.17, 15) is 9.59 Å². The van der Waals surface area contributed by atoms with Crippen LogP contribution in [0.5, 0.6) is 0 Å². The van der Waals surface area contributed by atoms with E-state index < -0.39 is 6.04 Å². The van der Waals surface area contributed by atoms with Crippen LogP contribution in [0.4, 0.5) is 0 Å². The molecular weight excluding hydrogens is 351 g/mol. The molecule has 8 heteroatoms. The Hall–Kier alpha value is -0.560. The van der Waals surface area contributed by atoms with Gasteiger partial charge in [-0.15, -0.1) is 24.8 Å². The second kappa shape index (κ2) is 11.9. The zero-order valence-electron chi connectivity index (χ0n) is 15.4. The third-order valence-electron chi connectivity index (χ3n) is 4.77. The molecule has 0 aromatic rings. The topological polar surface area (TPSA) is 78.7 Å². The summed E-state index contributed by atoms with van der Waals surface area (Å²) in [4.78, 5) is 28.3. The lowest BCUT2D eigenvalue weighted by Crippen LogP contribution is -2.52. The van der Waals surface area contributed by atoms with Crippen molar-refractivity contribution >= 4 is 36.6 Å². The summed E-state index contributed by atoms with van der Waals surface area (Å²) in [5, 5.41) is 2.65. The highest BCUT2D eigenvalue weighted by Crippen LogP contribution is 2.20. The molecule has 144 valence electrons. The molecule has 1 heterocycles. The molecule has 0 radical (unpaired) electrons. The summed E-state index contributed by atoms with van der Waals surface area (Å²) in [5.41, 5.74) is 5.77. The van der Waals surface area contributed by atoms with E-state index in [1.807, 2.05) is 20.9 Å². The van der Waals surface area contributed by atoms with Crippen LogP contribution in [0.3, 0.4) is 0 Å². The van der Waals surface area contributed by atoms with Gasteiger partial charge in [0.25, 0.3) is 0 Å². The molecule has 0 aromatic heterocycles. The van der Waals surface area contributed by atoms with Gasteiger partial charge in [-0.25, -0.2) is 0 Å². The fraction of sp³-hybridized carbons (Fsp3) is 0.875. The Bertz CT molecular complexity index is 396. The van der Waals surface area contributed by atoms with E-state index in [1.54, 1.807) is 4.90 Å². The minimum Gasteiger partial charge on any atom is -0.346 e. The number of hydrogen-bond donors (Lipinski definition) is 2. The molecule has 1 saturated heterocycles. The summed E-state index contributed by atoms with van der Waals surface area (Å²) in [6, 6.07) is 0.176. The van der Waals surface area contributed by atoms with Crippen molar-refractivity contribution in [2.24, 2.45) is 11.7 Å². The Morgan fingerprint density at radius 3 is 2.38 bits per heavy atom. The monoisotopic (exact) mass is 384 g/mol. The Balaban J connectivity index is 0. The van der Waals surface area contributed by atoms with Crippen molar-refractivity contribution in [2.45, 2.75) is 58.7 Å². The van der Waals surface area contributed by atoms with Crippen molar-refractivity contribution in [2.75, 3.05) is 26.7 Å². The van der Waals surface area contributed by atoms with Crippen LogP contribution < -0.4 is 11.1 Å². The van der Waals surface area contributed by atoms with Gasteiger partial charge in [-0.3, -0.25) is 9.59 Å². The van der Waals surface area contributed by atoms with E-state index in [4.69, 9.17) is 5.73 Å². The number of nitrogens with one attached hydrogen (secondary N) is 1. The zero-order valence-corrected chi connectivity index (χ0v) is 17.1. The van der Waals surface area contributed by atoms with Crippen molar-refractivity contribution in [3.8, 4) is 0 Å². The van der Waals surface area contributed by atoms with Crippen LogP contribution in [0, 0.1) is 5.92 Å². The molecule has 6 nitrogen and oxygen atoms in total. The lowest BCUT2D eigenvalue weighted by Gasteiger charge is -2.40. The Kier molecular flexibility index (Phi) is 12.7. The second-order valence-corrected chi connectivity index (χ2v) is 6.65. The summed E-state index contributed by atoms with van der Waals surface area (Å²) in [5.74, 6) is -0.246. The number of piperidine rings is 1. The molecule has 2 amide bonds.